The highest BCUT2D eigenvalue weighted by atomic mass is 15.2. The van der Waals surface area contributed by atoms with Crippen LogP contribution in [0.4, 0.5) is 5.69 Å². The van der Waals surface area contributed by atoms with E-state index in [2.05, 4.69) is 48.3 Å². The van der Waals surface area contributed by atoms with Gasteiger partial charge in [-0.3, -0.25) is 0 Å². The maximum Gasteiger partial charge on any atom is 0.0455 e. The molecular formula is C16H24N2. The smallest absolute Gasteiger partial charge is 0.0455 e. The number of nitrogens with zero attached hydrogens (tertiary/aromatic N) is 1. The van der Waals surface area contributed by atoms with Crippen LogP contribution in [-0.2, 0) is 0 Å². The lowest BCUT2D eigenvalue weighted by Crippen LogP contribution is -2.48. The highest BCUT2D eigenvalue weighted by Gasteiger charge is 2.34. The summed E-state index contributed by atoms with van der Waals surface area (Å²) in [6.45, 7) is 6.93. The van der Waals surface area contributed by atoms with E-state index in [1.54, 1.807) is 0 Å². The summed E-state index contributed by atoms with van der Waals surface area (Å²) >= 11 is 0. The second-order valence-corrected chi connectivity index (χ2v) is 6.00. The molecule has 0 saturated carbocycles. The van der Waals surface area contributed by atoms with Gasteiger partial charge in [-0.05, 0) is 49.4 Å². The fraction of sp³-hybridized carbons (Fsp3) is 0.625. The van der Waals surface area contributed by atoms with Crippen LogP contribution < -0.4 is 10.2 Å². The molecule has 0 aromatic heterocycles. The van der Waals surface area contributed by atoms with Gasteiger partial charge < -0.3 is 10.2 Å². The molecule has 2 aliphatic heterocycles. The van der Waals surface area contributed by atoms with Crippen molar-refractivity contribution in [3.63, 3.8) is 0 Å². The van der Waals surface area contributed by atoms with Crippen molar-refractivity contribution in [1.82, 2.24) is 5.32 Å². The third kappa shape index (κ3) is 2.14. The minimum absolute atomic E-state index is 0.626. The van der Waals surface area contributed by atoms with E-state index in [9.17, 15) is 0 Å². The number of hydrogen-bond donors (Lipinski definition) is 1. The molecule has 2 saturated heterocycles. The second-order valence-electron chi connectivity index (χ2n) is 6.00. The molecule has 1 aromatic rings. The summed E-state index contributed by atoms with van der Waals surface area (Å²) in [5.41, 5.74) is 2.86. The Morgan fingerprint density at radius 1 is 1.17 bits per heavy atom. The van der Waals surface area contributed by atoms with Gasteiger partial charge in [0.2, 0.25) is 0 Å². The maximum absolute atomic E-state index is 3.65. The van der Waals surface area contributed by atoms with Crippen LogP contribution in [0.2, 0.25) is 0 Å². The van der Waals surface area contributed by atoms with E-state index in [0.717, 1.165) is 12.1 Å². The Labute approximate surface area is 110 Å². The SMILES string of the molecule is CC(C)c1ccc(N2CCCC3NCCC32)cc1. The Bertz CT molecular complexity index is 396. The standard InChI is InChI=1S/C16H24N2/c1-12(2)13-5-7-14(8-6-13)18-11-3-4-15-16(18)9-10-17-15/h5-8,12,15-17H,3-4,9-11H2,1-2H3. The predicted octanol–water partition coefficient (Wildman–Crippen LogP) is 3.14. The monoisotopic (exact) mass is 244 g/mol. The molecule has 1 N–H and O–H groups in total. The minimum atomic E-state index is 0.626. The number of piperidine rings is 1. The van der Waals surface area contributed by atoms with Gasteiger partial charge in [0.15, 0.2) is 0 Å². The number of anilines is 1. The van der Waals surface area contributed by atoms with Gasteiger partial charge in [-0.2, -0.15) is 0 Å². The van der Waals surface area contributed by atoms with E-state index < -0.39 is 0 Å². The summed E-state index contributed by atoms with van der Waals surface area (Å²) in [7, 11) is 0. The molecule has 0 amide bonds. The van der Waals surface area contributed by atoms with Crippen LogP contribution in [0, 0.1) is 0 Å². The molecule has 2 unspecified atom stereocenters. The largest absolute Gasteiger partial charge is 0.367 e. The molecule has 0 aliphatic carbocycles. The lowest BCUT2D eigenvalue weighted by molar-refractivity contribution is 0.412. The Kier molecular flexibility index (Phi) is 3.29. The quantitative estimate of drug-likeness (QED) is 0.860. The highest BCUT2D eigenvalue weighted by molar-refractivity contribution is 5.50. The van der Waals surface area contributed by atoms with Gasteiger partial charge in [0.05, 0.1) is 0 Å². The van der Waals surface area contributed by atoms with E-state index in [4.69, 9.17) is 0 Å². The van der Waals surface area contributed by atoms with Crippen LogP contribution >= 0.6 is 0 Å². The van der Waals surface area contributed by atoms with Crippen molar-refractivity contribution < 1.29 is 0 Å². The first-order chi connectivity index (χ1) is 8.75. The van der Waals surface area contributed by atoms with Gasteiger partial charge >= 0.3 is 0 Å². The van der Waals surface area contributed by atoms with Gasteiger partial charge in [-0.25, -0.2) is 0 Å². The number of hydrogen-bond acceptors (Lipinski definition) is 2. The van der Waals surface area contributed by atoms with E-state index >= 15 is 0 Å². The zero-order chi connectivity index (χ0) is 12.5. The van der Waals surface area contributed by atoms with E-state index in [1.165, 1.54) is 43.6 Å². The van der Waals surface area contributed by atoms with E-state index in [0.29, 0.717) is 5.92 Å². The lowest BCUT2D eigenvalue weighted by atomic mass is 9.96. The summed E-state index contributed by atoms with van der Waals surface area (Å²) in [4.78, 5) is 2.62. The van der Waals surface area contributed by atoms with Crippen LogP contribution in [0.1, 0.15) is 44.6 Å². The van der Waals surface area contributed by atoms with Crippen LogP contribution in [0.25, 0.3) is 0 Å². The van der Waals surface area contributed by atoms with Crippen molar-refractivity contribution in [1.29, 1.82) is 0 Å². The first-order valence-corrected chi connectivity index (χ1v) is 7.35. The number of nitrogens with one attached hydrogen (secondary N) is 1. The fourth-order valence-electron chi connectivity index (χ4n) is 3.44. The highest BCUT2D eigenvalue weighted by Crippen LogP contribution is 2.30. The first kappa shape index (κ1) is 12.0. The molecule has 2 nitrogen and oxygen atoms in total. The Morgan fingerprint density at radius 2 is 1.94 bits per heavy atom. The summed E-state index contributed by atoms with van der Waals surface area (Å²) in [6.07, 6.45) is 3.97. The Morgan fingerprint density at radius 3 is 2.67 bits per heavy atom. The summed E-state index contributed by atoms with van der Waals surface area (Å²) in [6, 6.07) is 10.7. The molecule has 98 valence electrons. The Balaban J connectivity index is 1.80. The van der Waals surface area contributed by atoms with E-state index in [1.807, 2.05) is 0 Å². The van der Waals surface area contributed by atoms with Gasteiger partial charge in [0, 0.05) is 24.3 Å². The minimum Gasteiger partial charge on any atom is -0.367 e. The van der Waals surface area contributed by atoms with Crippen LogP contribution in [-0.4, -0.2) is 25.2 Å². The second kappa shape index (κ2) is 4.93. The zero-order valence-corrected chi connectivity index (χ0v) is 11.5. The number of fused-ring (bicyclic) bond motifs is 1. The average molecular weight is 244 g/mol. The Hall–Kier alpha value is -1.02. The van der Waals surface area contributed by atoms with Crippen molar-refractivity contribution in [3.8, 4) is 0 Å². The van der Waals surface area contributed by atoms with Crippen LogP contribution in [0.3, 0.4) is 0 Å². The lowest BCUT2D eigenvalue weighted by Gasteiger charge is -2.39. The number of rotatable bonds is 2. The first-order valence-electron chi connectivity index (χ1n) is 7.35. The van der Waals surface area contributed by atoms with Crippen LogP contribution in [0.5, 0.6) is 0 Å². The van der Waals surface area contributed by atoms with Gasteiger partial charge in [-0.15, -0.1) is 0 Å². The molecule has 0 bridgehead atoms. The van der Waals surface area contributed by atoms with Crippen LogP contribution in [0.15, 0.2) is 24.3 Å². The molecule has 3 rings (SSSR count). The van der Waals surface area contributed by atoms with E-state index in [-0.39, 0.29) is 0 Å². The van der Waals surface area contributed by atoms with Crippen molar-refractivity contribution >= 4 is 5.69 Å². The third-order valence-electron chi connectivity index (χ3n) is 4.52. The molecule has 1 aromatic carbocycles. The van der Waals surface area contributed by atoms with Gasteiger partial charge in [-0.1, -0.05) is 26.0 Å². The summed E-state index contributed by atoms with van der Waals surface area (Å²) in [5.74, 6) is 0.626. The topological polar surface area (TPSA) is 15.3 Å². The zero-order valence-electron chi connectivity index (χ0n) is 11.5. The van der Waals surface area contributed by atoms with Crippen molar-refractivity contribution in [2.75, 3.05) is 18.0 Å². The molecule has 0 radical (unpaired) electrons. The summed E-state index contributed by atoms with van der Waals surface area (Å²) in [5, 5.41) is 3.65. The van der Waals surface area contributed by atoms with Gasteiger partial charge in [0.1, 0.15) is 0 Å². The maximum atomic E-state index is 3.65. The molecule has 2 heterocycles. The molecule has 0 spiro atoms. The normalized spacial score (nSPS) is 27.6. The summed E-state index contributed by atoms with van der Waals surface area (Å²) < 4.78 is 0. The molecule has 2 fully saturated rings. The molecule has 2 atom stereocenters. The molecule has 2 aliphatic rings. The molecule has 2 heteroatoms. The van der Waals surface area contributed by atoms with Crippen molar-refractivity contribution in [2.45, 2.75) is 51.1 Å². The van der Waals surface area contributed by atoms with Crippen molar-refractivity contribution in [3.05, 3.63) is 29.8 Å². The predicted molar refractivity (Wildman–Crippen MR) is 77.3 cm³/mol. The van der Waals surface area contributed by atoms with Crippen molar-refractivity contribution in [2.24, 2.45) is 0 Å². The number of benzene rings is 1. The van der Waals surface area contributed by atoms with Gasteiger partial charge in [0.25, 0.3) is 0 Å². The third-order valence-corrected chi connectivity index (χ3v) is 4.52. The molecular weight excluding hydrogens is 220 g/mol. The fourth-order valence-corrected chi connectivity index (χ4v) is 3.44. The molecule has 18 heavy (non-hydrogen) atoms. The average Bonchev–Trinajstić information content (AvgIpc) is 2.87.